The first kappa shape index (κ1) is 12.5. The van der Waals surface area contributed by atoms with Gasteiger partial charge in [-0.3, -0.25) is 0 Å². The number of anilines is 1. The zero-order valence-corrected chi connectivity index (χ0v) is 11.8. The monoisotopic (exact) mass is 285 g/mol. The van der Waals surface area contributed by atoms with Crippen molar-refractivity contribution in [1.29, 1.82) is 0 Å². The van der Waals surface area contributed by atoms with Crippen LogP contribution in [0.5, 0.6) is 0 Å². The summed E-state index contributed by atoms with van der Waals surface area (Å²) in [5.41, 5.74) is 0.971. The van der Waals surface area contributed by atoms with Crippen LogP contribution in [0, 0.1) is 0 Å². The lowest BCUT2D eigenvalue weighted by molar-refractivity contribution is 0.712. The first-order valence-corrected chi connectivity index (χ1v) is 7.49. The number of nitrogens with zero attached hydrogens (tertiary/aromatic N) is 3. The molecule has 2 aliphatic rings. The maximum atomic E-state index is 6.33. The summed E-state index contributed by atoms with van der Waals surface area (Å²) in [4.78, 5) is 11.1. The molecule has 0 atom stereocenters. The Hall–Kier alpha value is -0.540. The smallest absolute Gasteiger partial charge is 0.228 e. The lowest BCUT2D eigenvalue weighted by Gasteiger charge is -2.18. The van der Waals surface area contributed by atoms with Crippen molar-refractivity contribution in [2.45, 2.75) is 44.4 Å². The maximum absolute atomic E-state index is 6.33. The Balaban J connectivity index is 1.92. The van der Waals surface area contributed by atoms with Crippen molar-refractivity contribution in [3.63, 3.8) is 0 Å². The van der Waals surface area contributed by atoms with Gasteiger partial charge in [0.25, 0.3) is 0 Å². The second-order valence-electron chi connectivity index (χ2n) is 5.19. The van der Waals surface area contributed by atoms with Crippen LogP contribution in [0.4, 0.5) is 5.95 Å². The summed E-state index contributed by atoms with van der Waals surface area (Å²) >= 11 is 12.7. The average Bonchev–Trinajstić information content (AvgIpc) is 3.01. The summed E-state index contributed by atoms with van der Waals surface area (Å²) in [6.07, 6.45) is 7.22. The molecule has 1 saturated heterocycles. The largest absolute Gasteiger partial charge is 0.341 e. The van der Waals surface area contributed by atoms with E-state index >= 15 is 0 Å². The highest BCUT2D eigenvalue weighted by atomic mass is 35.5. The van der Waals surface area contributed by atoms with Crippen molar-refractivity contribution in [3.05, 3.63) is 15.9 Å². The molecule has 1 aliphatic heterocycles. The predicted molar refractivity (Wildman–Crippen MR) is 74.7 cm³/mol. The van der Waals surface area contributed by atoms with Crippen molar-refractivity contribution >= 4 is 29.2 Å². The van der Waals surface area contributed by atoms with Gasteiger partial charge in [-0.1, -0.05) is 36.0 Å². The molecule has 2 fully saturated rings. The van der Waals surface area contributed by atoms with Gasteiger partial charge in [-0.05, 0) is 31.6 Å². The highest BCUT2D eigenvalue weighted by Crippen LogP contribution is 2.40. The van der Waals surface area contributed by atoms with Crippen LogP contribution < -0.4 is 4.90 Å². The van der Waals surface area contributed by atoms with Crippen molar-refractivity contribution < 1.29 is 0 Å². The Morgan fingerprint density at radius 2 is 1.44 bits per heavy atom. The molecule has 2 heterocycles. The topological polar surface area (TPSA) is 29.0 Å². The van der Waals surface area contributed by atoms with Crippen LogP contribution in [0.25, 0.3) is 0 Å². The number of rotatable bonds is 2. The van der Waals surface area contributed by atoms with Gasteiger partial charge in [0.05, 0.1) is 0 Å². The van der Waals surface area contributed by atoms with E-state index in [1.165, 1.54) is 25.7 Å². The molecule has 3 nitrogen and oxygen atoms in total. The number of hydrogen-bond donors (Lipinski definition) is 0. The van der Waals surface area contributed by atoms with Gasteiger partial charge < -0.3 is 4.90 Å². The van der Waals surface area contributed by atoms with E-state index in [-0.39, 0.29) is 0 Å². The molecule has 0 spiro atoms. The number of hydrogen-bond acceptors (Lipinski definition) is 3. The Morgan fingerprint density at radius 1 is 0.889 bits per heavy atom. The molecule has 0 bridgehead atoms. The molecule has 0 unspecified atom stereocenters. The molecule has 0 N–H and O–H groups in total. The summed E-state index contributed by atoms with van der Waals surface area (Å²) in [5, 5.41) is 1.12. The molecule has 5 heteroatoms. The summed E-state index contributed by atoms with van der Waals surface area (Å²) in [6, 6.07) is 0. The molecule has 0 aromatic carbocycles. The van der Waals surface area contributed by atoms with Crippen molar-refractivity contribution in [3.8, 4) is 0 Å². The van der Waals surface area contributed by atoms with E-state index in [2.05, 4.69) is 14.9 Å². The number of aromatic nitrogens is 2. The normalized spacial score (nSPS) is 20.9. The lowest BCUT2D eigenvalue weighted by Crippen LogP contribution is -2.21. The lowest BCUT2D eigenvalue weighted by atomic mass is 10.0. The van der Waals surface area contributed by atoms with Crippen LogP contribution in [-0.2, 0) is 0 Å². The third kappa shape index (κ3) is 2.30. The van der Waals surface area contributed by atoms with Crippen LogP contribution in [0.1, 0.15) is 50.0 Å². The minimum absolute atomic E-state index is 0.456. The van der Waals surface area contributed by atoms with E-state index in [1.54, 1.807) is 0 Å². The Kier molecular flexibility index (Phi) is 3.62. The van der Waals surface area contributed by atoms with E-state index < -0.39 is 0 Å². The molecule has 0 amide bonds. The summed E-state index contributed by atoms with van der Waals surface area (Å²) in [7, 11) is 0. The molecular weight excluding hydrogens is 269 g/mol. The molecule has 18 heavy (non-hydrogen) atoms. The second kappa shape index (κ2) is 5.22. The molecule has 1 aromatic heterocycles. The van der Waals surface area contributed by atoms with Crippen LogP contribution in [0.2, 0.25) is 10.3 Å². The molecule has 1 saturated carbocycles. The fraction of sp³-hybridized carbons (Fsp3) is 0.692. The molecule has 0 radical (unpaired) electrons. The molecule has 1 aromatic rings. The van der Waals surface area contributed by atoms with Crippen molar-refractivity contribution in [1.82, 2.24) is 9.97 Å². The maximum Gasteiger partial charge on any atom is 0.228 e. The SMILES string of the molecule is Clc1nc(N2CCCC2)nc(Cl)c1C1CCCC1. The second-order valence-corrected chi connectivity index (χ2v) is 5.91. The molecular formula is C13H17Cl2N3. The quantitative estimate of drug-likeness (QED) is 0.768. The van der Waals surface area contributed by atoms with Gasteiger partial charge in [-0.2, -0.15) is 0 Å². The first-order valence-electron chi connectivity index (χ1n) is 6.73. The van der Waals surface area contributed by atoms with Gasteiger partial charge in [0, 0.05) is 18.7 Å². The molecule has 98 valence electrons. The summed E-state index contributed by atoms with van der Waals surface area (Å²) in [6.45, 7) is 2.02. The van der Waals surface area contributed by atoms with Gasteiger partial charge in [0.2, 0.25) is 5.95 Å². The van der Waals surface area contributed by atoms with Crippen LogP contribution in [0.3, 0.4) is 0 Å². The summed E-state index contributed by atoms with van der Waals surface area (Å²) < 4.78 is 0. The number of halogens is 2. The summed E-state index contributed by atoms with van der Waals surface area (Å²) in [5.74, 6) is 1.15. The van der Waals surface area contributed by atoms with Gasteiger partial charge in [0.15, 0.2) is 0 Å². The van der Waals surface area contributed by atoms with Gasteiger partial charge in [0.1, 0.15) is 10.3 Å². The fourth-order valence-corrected chi connectivity index (χ4v) is 3.70. The van der Waals surface area contributed by atoms with Gasteiger partial charge in [-0.15, -0.1) is 0 Å². The van der Waals surface area contributed by atoms with Gasteiger partial charge in [-0.25, -0.2) is 9.97 Å². The van der Waals surface area contributed by atoms with E-state index in [0.717, 1.165) is 31.5 Å². The Bertz CT molecular complexity index is 415. The van der Waals surface area contributed by atoms with Crippen LogP contribution >= 0.6 is 23.2 Å². The van der Waals surface area contributed by atoms with E-state index in [0.29, 0.717) is 22.2 Å². The average molecular weight is 286 g/mol. The Morgan fingerprint density at radius 3 is 2.00 bits per heavy atom. The Labute approximate surface area is 118 Å². The van der Waals surface area contributed by atoms with E-state index in [1.807, 2.05) is 0 Å². The van der Waals surface area contributed by atoms with E-state index in [4.69, 9.17) is 23.2 Å². The highest BCUT2D eigenvalue weighted by Gasteiger charge is 2.26. The highest BCUT2D eigenvalue weighted by molar-refractivity contribution is 6.34. The van der Waals surface area contributed by atoms with Crippen molar-refractivity contribution in [2.75, 3.05) is 18.0 Å². The van der Waals surface area contributed by atoms with Gasteiger partial charge >= 0.3 is 0 Å². The third-order valence-corrected chi connectivity index (χ3v) is 4.57. The third-order valence-electron chi connectivity index (χ3n) is 3.99. The van der Waals surface area contributed by atoms with Crippen LogP contribution in [0.15, 0.2) is 0 Å². The zero-order valence-electron chi connectivity index (χ0n) is 10.3. The predicted octanol–water partition coefficient (Wildman–Crippen LogP) is 4.04. The van der Waals surface area contributed by atoms with Crippen LogP contribution in [-0.4, -0.2) is 23.1 Å². The first-order chi connectivity index (χ1) is 8.75. The minimum Gasteiger partial charge on any atom is -0.341 e. The minimum atomic E-state index is 0.456. The molecule has 3 rings (SSSR count). The standard InChI is InChI=1S/C13H17Cl2N3/c14-11-10(9-5-1-2-6-9)12(15)17-13(16-11)18-7-3-4-8-18/h9H,1-8H2. The fourth-order valence-electron chi connectivity index (χ4n) is 3.02. The zero-order chi connectivity index (χ0) is 12.5. The van der Waals surface area contributed by atoms with E-state index in [9.17, 15) is 0 Å². The van der Waals surface area contributed by atoms with Crippen molar-refractivity contribution in [2.24, 2.45) is 0 Å². The molecule has 1 aliphatic carbocycles.